The second kappa shape index (κ2) is 3.63. The third-order valence-corrected chi connectivity index (χ3v) is 3.76. The Morgan fingerprint density at radius 1 is 1.36 bits per heavy atom. The van der Waals surface area contributed by atoms with Crippen LogP contribution in [0.25, 0.3) is 0 Å². The molecule has 14 heavy (non-hydrogen) atoms. The van der Waals surface area contributed by atoms with Gasteiger partial charge in [-0.25, -0.2) is 0 Å². The molecular formula is C12H13ClS. The molecule has 0 N–H and O–H groups in total. The third-order valence-electron chi connectivity index (χ3n) is 2.59. The maximum absolute atomic E-state index is 6.03. The molecule has 0 bridgehead atoms. The molecule has 0 unspecified atom stereocenters. The van der Waals surface area contributed by atoms with Crippen molar-refractivity contribution in [2.45, 2.75) is 30.6 Å². The number of fused-ring (bicyclic) bond motifs is 1. The first-order valence-corrected chi connectivity index (χ1v) is 5.97. The van der Waals surface area contributed by atoms with Crippen molar-refractivity contribution in [1.82, 2.24) is 0 Å². The first-order valence-electron chi connectivity index (χ1n) is 4.71. The van der Waals surface area contributed by atoms with E-state index in [1.165, 1.54) is 10.5 Å². The molecule has 0 aromatic heterocycles. The summed E-state index contributed by atoms with van der Waals surface area (Å²) in [5, 5.41) is 3.00. The monoisotopic (exact) mass is 224 g/mol. The van der Waals surface area contributed by atoms with Crippen LogP contribution < -0.4 is 0 Å². The van der Waals surface area contributed by atoms with Crippen molar-refractivity contribution < 1.29 is 0 Å². The zero-order valence-corrected chi connectivity index (χ0v) is 9.95. The summed E-state index contributed by atoms with van der Waals surface area (Å²) in [6.07, 6.45) is 3.31. The zero-order valence-electron chi connectivity index (χ0n) is 8.38. The van der Waals surface area contributed by atoms with Crippen LogP contribution in [0.1, 0.15) is 25.8 Å². The van der Waals surface area contributed by atoms with Crippen LogP contribution in [-0.2, 0) is 5.41 Å². The minimum absolute atomic E-state index is 0.195. The number of hydrogen-bond donors (Lipinski definition) is 0. The van der Waals surface area contributed by atoms with Crippen LogP contribution in [0.2, 0.25) is 5.02 Å². The molecule has 1 aromatic carbocycles. The van der Waals surface area contributed by atoms with Crippen LogP contribution in [0.4, 0.5) is 0 Å². The highest BCUT2D eigenvalue weighted by Gasteiger charge is 2.24. The molecule has 0 spiro atoms. The van der Waals surface area contributed by atoms with Crippen LogP contribution in [0.15, 0.2) is 34.6 Å². The Morgan fingerprint density at radius 2 is 2.14 bits per heavy atom. The van der Waals surface area contributed by atoms with E-state index < -0.39 is 0 Å². The molecule has 0 saturated heterocycles. The van der Waals surface area contributed by atoms with Gasteiger partial charge in [0.05, 0.1) is 0 Å². The van der Waals surface area contributed by atoms with Gasteiger partial charge >= 0.3 is 0 Å². The highest BCUT2D eigenvalue weighted by Crippen LogP contribution is 2.39. The summed E-state index contributed by atoms with van der Waals surface area (Å²) in [6, 6.07) is 6.17. The maximum atomic E-state index is 6.03. The van der Waals surface area contributed by atoms with Crippen LogP contribution >= 0.6 is 23.4 Å². The topological polar surface area (TPSA) is 0 Å². The molecular weight excluding hydrogens is 212 g/mol. The van der Waals surface area contributed by atoms with E-state index in [9.17, 15) is 0 Å². The molecule has 1 aromatic rings. The standard InChI is InChI=1S/C12H13ClS/c1-12(2)6-3-7-14-11-5-4-9(13)8-10(11)12/h3-5,7-8H,6H2,1-2H3. The van der Waals surface area contributed by atoms with Crippen molar-refractivity contribution in [3.63, 3.8) is 0 Å². The molecule has 2 rings (SSSR count). The summed E-state index contributed by atoms with van der Waals surface area (Å²) >= 11 is 7.81. The van der Waals surface area contributed by atoms with Gasteiger partial charge in [-0.2, -0.15) is 0 Å². The van der Waals surface area contributed by atoms with Gasteiger partial charge in [0, 0.05) is 9.92 Å². The average molecular weight is 225 g/mol. The maximum Gasteiger partial charge on any atom is 0.0409 e. The quantitative estimate of drug-likeness (QED) is 0.619. The smallest absolute Gasteiger partial charge is 0.0409 e. The van der Waals surface area contributed by atoms with Crippen LogP contribution in [0.3, 0.4) is 0 Å². The van der Waals surface area contributed by atoms with Gasteiger partial charge in [-0.1, -0.05) is 43.3 Å². The minimum atomic E-state index is 0.195. The van der Waals surface area contributed by atoms with E-state index in [4.69, 9.17) is 11.6 Å². The summed E-state index contributed by atoms with van der Waals surface area (Å²) in [5.41, 5.74) is 1.56. The molecule has 74 valence electrons. The van der Waals surface area contributed by atoms with E-state index in [0.29, 0.717) is 0 Å². The van der Waals surface area contributed by atoms with Gasteiger partial charge in [0.2, 0.25) is 0 Å². The van der Waals surface area contributed by atoms with Gasteiger partial charge < -0.3 is 0 Å². The van der Waals surface area contributed by atoms with E-state index in [1.54, 1.807) is 11.8 Å². The Labute approximate surface area is 94.4 Å². The normalized spacial score (nSPS) is 18.8. The summed E-state index contributed by atoms with van der Waals surface area (Å²) in [6.45, 7) is 4.52. The Hall–Kier alpha value is -0.400. The van der Waals surface area contributed by atoms with Gasteiger partial charge in [0.25, 0.3) is 0 Å². The zero-order chi connectivity index (χ0) is 10.2. The summed E-state index contributed by atoms with van der Waals surface area (Å²) < 4.78 is 0. The fraction of sp³-hybridized carbons (Fsp3) is 0.333. The largest absolute Gasteiger partial charge is 0.0981 e. The van der Waals surface area contributed by atoms with Crippen molar-refractivity contribution in [3.05, 3.63) is 40.3 Å². The molecule has 0 fully saturated rings. The molecule has 0 saturated carbocycles. The number of benzene rings is 1. The van der Waals surface area contributed by atoms with Crippen LogP contribution in [-0.4, -0.2) is 0 Å². The Morgan fingerprint density at radius 3 is 2.93 bits per heavy atom. The highest BCUT2D eigenvalue weighted by molar-refractivity contribution is 8.02. The van der Waals surface area contributed by atoms with E-state index in [-0.39, 0.29) is 5.41 Å². The Bertz CT molecular complexity index is 380. The number of rotatable bonds is 0. The molecule has 0 atom stereocenters. The van der Waals surface area contributed by atoms with Gasteiger partial charge in [0.1, 0.15) is 0 Å². The number of thioether (sulfide) groups is 1. The lowest BCUT2D eigenvalue weighted by Crippen LogP contribution is -2.16. The first kappa shape index (κ1) is 10.1. The molecule has 1 aliphatic heterocycles. The van der Waals surface area contributed by atoms with Crippen molar-refractivity contribution in [2.75, 3.05) is 0 Å². The number of hydrogen-bond acceptors (Lipinski definition) is 1. The van der Waals surface area contributed by atoms with Crippen molar-refractivity contribution in [2.24, 2.45) is 0 Å². The van der Waals surface area contributed by atoms with E-state index >= 15 is 0 Å². The highest BCUT2D eigenvalue weighted by atomic mass is 35.5. The second-order valence-corrected chi connectivity index (χ2v) is 5.60. The molecule has 0 aliphatic carbocycles. The van der Waals surface area contributed by atoms with E-state index in [1.807, 2.05) is 6.07 Å². The second-order valence-electron chi connectivity index (χ2n) is 4.22. The molecule has 0 radical (unpaired) electrons. The summed E-state index contributed by atoms with van der Waals surface area (Å²) in [4.78, 5) is 1.33. The fourth-order valence-corrected chi connectivity index (χ4v) is 2.83. The molecule has 2 heteroatoms. The Balaban J connectivity index is 2.57. The third kappa shape index (κ3) is 1.84. The average Bonchev–Trinajstić information content (AvgIpc) is 2.26. The van der Waals surface area contributed by atoms with Gasteiger partial charge in [-0.05, 0) is 41.0 Å². The lowest BCUT2D eigenvalue weighted by molar-refractivity contribution is 0.526. The SMILES string of the molecule is CC1(C)CC=CSc2ccc(Cl)cc21. The predicted molar refractivity (Wildman–Crippen MR) is 64.1 cm³/mol. The number of allylic oxidation sites excluding steroid dienone is 1. The summed E-state index contributed by atoms with van der Waals surface area (Å²) in [7, 11) is 0. The Kier molecular flexibility index (Phi) is 2.63. The fourth-order valence-electron chi connectivity index (χ4n) is 1.71. The van der Waals surface area contributed by atoms with Crippen LogP contribution in [0, 0.1) is 0 Å². The lowest BCUT2D eigenvalue weighted by Gasteiger charge is -2.24. The number of halogens is 1. The first-order chi connectivity index (χ1) is 6.59. The van der Waals surface area contributed by atoms with Gasteiger partial charge in [-0.15, -0.1) is 0 Å². The molecule has 0 nitrogen and oxygen atoms in total. The van der Waals surface area contributed by atoms with Gasteiger partial charge in [-0.3, -0.25) is 0 Å². The van der Waals surface area contributed by atoms with Crippen molar-refractivity contribution >= 4 is 23.4 Å². The molecule has 1 aliphatic rings. The predicted octanol–water partition coefficient (Wildman–Crippen LogP) is 4.63. The van der Waals surface area contributed by atoms with E-state index in [0.717, 1.165) is 11.4 Å². The molecule has 1 heterocycles. The lowest BCUT2D eigenvalue weighted by atomic mass is 9.82. The molecule has 0 amide bonds. The summed E-state index contributed by atoms with van der Waals surface area (Å²) in [5.74, 6) is 0. The van der Waals surface area contributed by atoms with Crippen LogP contribution in [0.5, 0.6) is 0 Å². The van der Waals surface area contributed by atoms with Gasteiger partial charge in [0.15, 0.2) is 0 Å². The van der Waals surface area contributed by atoms with Crippen molar-refractivity contribution in [1.29, 1.82) is 0 Å². The minimum Gasteiger partial charge on any atom is -0.0981 e. The van der Waals surface area contributed by atoms with E-state index in [2.05, 4.69) is 37.5 Å². The van der Waals surface area contributed by atoms with Crippen molar-refractivity contribution in [3.8, 4) is 0 Å².